The average Bonchev–Trinajstić information content (AvgIpc) is 2.72. The summed E-state index contributed by atoms with van der Waals surface area (Å²) >= 11 is 0. The molecule has 96 valence electrons. The van der Waals surface area contributed by atoms with Crippen LogP contribution in [0.4, 0.5) is 8.78 Å². The fourth-order valence-corrected chi connectivity index (χ4v) is 1.86. The molecule has 0 spiro atoms. The van der Waals surface area contributed by atoms with E-state index in [9.17, 15) is 8.78 Å². The van der Waals surface area contributed by atoms with E-state index in [1.807, 2.05) is 13.1 Å². The zero-order chi connectivity index (χ0) is 13.1. The van der Waals surface area contributed by atoms with Crippen molar-refractivity contribution < 1.29 is 8.78 Å². The summed E-state index contributed by atoms with van der Waals surface area (Å²) in [5, 5.41) is 7.11. The van der Waals surface area contributed by atoms with Crippen LogP contribution < -0.4 is 5.32 Å². The standard InChI is InChI=1S/C13H15F2N3/c1-9(13-11(14)4-3-5-12(13)15)16-8-10-6-7-17-18(10)2/h3-7,9,16H,8H2,1-2H3. The van der Waals surface area contributed by atoms with Gasteiger partial charge in [0.1, 0.15) is 11.6 Å². The molecule has 0 bridgehead atoms. The third-order valence-corrected chi connectivity index (χ3v) is 2.94. The highest BCUT2D eigenvalue weighted by Crippen LogP contribution is 2.20. The highest BCUT2D eigenvalue weighted by molar-refractivity contribution is 5.22. The molecule has 0 aliphatic heterocycles. The number of nitrogens with one attached hydrogen (secondary N) is 1. The number of halogens is 2. The summed E-state index contributed by atoms with van der Waals surface area (Å²) in [5.74, 6) is -1.06. The van der Waals surface area contributed by atoms with E-state index in [1.165, 1.54) is 18.2 Å². The normalized spacial score (nSPS) is 12.7. The van der Waals surface area contributed by atoms with Crippen molar-refractivity contribution in [2.24, 2.45) is 7.05 Å². The molecular formula is C13H15F2N3. The summed E-state index contributed by atoms with van der Waals surface area (Å²) in [6.07, 6.45) is 1.69. The number of aryl methyl sites for hydroxylation is 1. The van der Waals surface area contributed by atoms with Gasteiger partial charge < -0.3 is 5.32 Å². The van der Waals surface area contributed by atoms with Crippen molar-refractivity contribution in [1.29, 1.82) is 0 Å². The van der Waals surface area contributed by atoms with Crippen LogP contribution in [0.3, 0.4) is 0 Å². The molecule has 1 aromatic heterocycles. The molecule has 0 radical (unpaired) electrons. The fraction of sp³-hybridized carbons (Fsp3) is 0.308. The quantitative estimate of drug-likeness (QED) is 0.905. The molecule has 5 heteroatoms. The largest absolute Gasteiger partial charge is 0.304 e. The summed E-state index contributed by atoms with van der Waals surface area (Å²) in [6, 6.07) is 5.35. The lowest BCUT2D eigenvalue weighted by molar-refractivity contribution is 0.480. The second-order valence-corrected chi connectivity index (χ2v) is 4.18. The molecule has 1 unspecified atom stereocenters. The minimum absolute atomic E-state index is 0.0691. The predicted molar refractivity (Wildman–Crippen MR) is 64.8 cm³/mol. The van der Waals surface area contributed by atoms with E-state index in [1.54, 1.807) is 17.8 Å². The Balaban J connectivity index is 2.08. The minimum Gasteiger partial charge on any atom is -0.304 e. The average molecular weight is 251 g/mol. The van der Waals surface area contributed by atoms with E-state index in [2.05, 4.69) is 10.4 Å². The number of nitrogens with zero attached hydrogens (tertiary/aromatic N) is 2. The SMILES string of the molecule is CC(NCc1ccnn1C)c1c(F)cccc1F. The molecule has 0 aliphatic carbocycles. The van der Waals surface area contributed by atoms with Crippen LogP contribution in [0.1, 0.15) is 24.2 Å². The second kappa shape index (κ2) is 5.27. The number of aromatic nitrogens is 2. The molecule has 0 saturated carbocycles. The highest BCUT2D eigenvalue weighted by Gasteiger charge is 2.15. The Morgan fingerprint density at radius 2 is 1.94 bits per heavy atom. The van der Waals surface area contributed by atoms with Crippen LogP contribution in [0.2, 0.25) is 0 Å². The summed E-state index contributed by atoms with van der Waals surface area (Å²) in [6.45, 7) is 2.24. The zero-order valence-electron chi connectivity index (χ0n) is 10.3. The Bertz CT molecular complexity index is 517. The van der Waals surface area contributed by atoms with E-state index >= 15 is 0 Å². The van der Waals surface area contributed by atoms with Crippen molar-refractivity contribution in [3.05, 3.63) is 53.4 Å². The third kappa shape index (κ3) is 2.56. The molecule has 3 nitrogen and oxygen atoms in total. The summed E-state index contributed by atoms with van der Waals surface area (Å²) < 4.78 is 28.8. The van der Waals surface area contributed by atoms with Crippen LogP contribution in [0, 0.1) is 11.6 Å². The van der Waals surface area contributed by atoms with E-state index in [0.717, 1.165) is 5.69 Å². The van der Waals surface area contributed by atoms with Crippen LogP contribution >= 0.6 is 0 Å². The molecular weight excluding hydrogens is 236 g/mol. The van der Waals surface area contributed by atoms with Crippen LogP contribution in [0.15, 0.2) is 30.5 Å². The number of hydrogen-bond donors (Lipinski definition) is 1. The van der Waals surface area contributed by atoms with Crippen molar-refractivity contribution in [2.45, 2.75) is 19.5 Å². The molecule has 2 rings (SSSR count). The van der Waals surface area contributed by atoms with Crippen LogP contribution in [-0.2, 0) is 13.6 Å². The van der Waals surface area contributed by atoms with Gasteiger partial charge >= 0.3 is 0 Å². The van der Waals surface area contributed by atoms with Crippen molar-refractivity contribution >= 4 is 0 Å². The Kier molecular flexibility index (Phi) is 3.72. The van der Waals surface area contributed by atoms with E-state index in [0.29, 0.717) is 6.54 Å². The first kappa shape index (κ1) is 12.7. The van der Waals surface area contributed by atoms with Gasteiger partial charge in [-0.3, -0.25) is 4.68 Å². The Labute approximate surface area is 104 Å². The molecule has 0 amide bonds. The van der Waals surface area contributed by atoms with Gasteiger partial charge in [0.25, 0.3) is 0 Å². The molecule has 1 aromatic carbocycles. The van der Waals surface area contributed by atoms with Gasteiger partial charge in [0, 0.05) is 31.4 Å². The van der Waals surface area contributed by atoms with E-state index in [-0.39, 0.29) is 5.56 Å². The lowest BCUT2D eigenvalue weighted by Gasteiger charge is -2.15. The van der Waals surface area contributed by atoms with Gasteiger partial charge in [-0.15, -0.1) is 0 Å². The lowest BCUT2D eigenvalue weighted by Crippen LogP contribution is -2.21. The monoisotopic (exact) mass is 251 g/mol. The van der Waals surface area contributed by atoms with E-state index < -0.39 is 17.7 Å². The first-order valence-corrected chi connectivity index (χ1v) is 5.73. The zero-order valence-corrected chi connectivity index (χ0v) is 10.3. The van der Waals surface area contributed by atoms with Gasteiger partial charge in [0.15, 0.2) is 0 Å². The molecule has 1 heterocycles. The lowest BCUT2D eigenvalue weighted by atomic mass is 10.1. The van der Waals surface area contributed by atoms with Gasteiger partial charge in [0.2, 0.25) is 0 Å². The molecule has 18 heavy (non-hydrogen) atoms. The maximum Gasteiger partial charge on any atom is 0.130 e. The topological polar surface area (TPSA) is 29.9 Å². The van der Waals surface area contributed by atoms with Gasteiger partial charge in [-0.25, -0.2) is 8.78 Å². The van der Waals surface area contributed by atoms with Crippen LogP contribution in [0.25, 0.3) is 0 Å². The second-order valence-electron chi connectivity index (χ2n) is 4.18. The van der Waals surface area contributed by atoms with Crippen molar-refractivity contribution in [3.8, 4) is 0 Å². The maximum absolute atomic E-state index is 13.5. The van der Waals surface area contributed by atoms with E-state index in [4.69, 9.17) is 0 Å². The van der Waals surface area contributed by atoms with Crippen molar-refractivity contribution in [1.82, 2.24) is 15.1 Å². The van der Waals surface area contributed by atoms with Crippen LogP contribution in [0.5, 0.6) is 0 Å². The molecule has 1 N–H and O–H groups in total. The maximum atomic E-state index is 13.5. The van der Waals surface area contributed by atoms with Gasteiger partial charge in [-0.1, -0.05) is 6.07 Å². The number of hydrogen-bond acceptors (Lipinski definition) is 2. The van der Waals surface area contributed by atoms with Crippen molar-refractivity contribution in [3.63, 3.8) is 0 Å². The smallest absolute Gasteiger partial charge is 0.130 e. The Morgan fingerprint density at radius 3 is 2.50 bits per heavy atom. The first-order valence-electron chi connectivity index (χ1n) is 5.73. The van der Waals surface area contributed by atoms with Gasteiger partial charge in [-0.05, 0) is 25.1 Å². The van der Waals surface area contributed by atoms with Crippen LogP contribution in [-0.4, -0.2) is 9.78 Å². The minimum atomic E-state index is -0.528. The molecule has 0 aliphatic rings. The molecule has 0 fully saturated rings. The molecule has 0 saturated heterocycles. The summed E-state index contributed by atoms with van der Waals surface area (Å²) in [7, 11) is 1.82. The number of rotatable bonds is 4. The van der Waals surface area contributed by atoms with Crippen molar-refractivity contribution in [2.75, 3.05) is 0 Å². The molecule has 1 atom stereocenters. The number of benzene rings is 1. The fourth-order valence-electron chi connectivity index (χ4n) is 1.86. The summed E-state index contributed by atoms with van der Waals surface area (Å²) in [4.78, 5) is 0. The highest BCUT2D eigenvalue weighted by atomic mass is 19.1. The van der Waals surface area contributed by atoms with Gasteiger partial charge in [-0.2, -0.15) is 5.10 Å². The predicted octanol–water partition coefficient (Wildman–Crippen LogP) is 2.55. The third-order valence-electron chi connectivity index (χ3n) is 2.94. The molecule has 2 aromatic rings. The Hall–Kier alpha value is -1.75. The first-order chi connectivity index (χ1) is 8.59. The summed E-state index contributed by atoms with van der Waals surface area (Å²) in [5.41, 5.74) is 1.03. The van der Waals surface area contributed by atoms with Gasteiger partial charge in [0.05, 0.1) is 5.69 Å². The Morgan fingerprint density at radius 1 is 1.28 bits per heavy atom.